The normalized spacial score (nSPS) is 37.1. The second kappa shape index (κ2) is 8.37. The molecule has 2 aliphatic heterocycles. The van der Waals surface area contributed by atoms with Crippen molar-refractivity contribution < 1.29 is 4.79 Å². The summed E-state index contributed by atoms with van der Waals surface area (Å²) in [4.78, 5) is 17.4. The summed E-state index contributed by atoms with van der Waals surface area (Å²) in [6.45, 7) is 6.12. The van der Waals surface area contributed by atoms with E-state index in [1.54, 1.807) is 0 Å². The predicted molar refractivity (Wildman–Crippen MR) is 97.5 cm³/mol. The maximum atomic E-state index is 12.6. The average molecular weight is 364 g/mol. The van der Waals surface area contributed by atoms with Gasteiger partial charge in [-0.2, -0.15) is 0 Å². The van der Waals surface area contributed by atoms with Crippen LogP contribution in [0, 0.1) is 17.8 Å². The molecule has 2 heterocycles. The van der Waals surface area contributed by atoms with E-state index >= 15 is 0 Å². The number of hydrogen-bond acceptors (Lipinski definition) is 3. The Balaban J connectivity index is 0.000000960. The van der Waals surface area contributed by atoms with Crippen LogP contribution in [0.5, 0.6) is 0 Å². The van der Waals surface area contributed by atoms with Crippen LogP contribution in [-0.2, 0) is 4.79 Å². The van der Waals surface area contributed by atoms with E-state index in [0.29, 0.717) is 5.91 Å². The van der Waals surface area contributed by atoms with E-state index in [0.717, 1.165) is 70.0 Å². The lowest BCUT2D eigenvalue weighted by atomic mass is 9.93. The molecule has 4 fully saturated rings. The van der Waals surface area contributed by atoms with E-state index in [1.165, 1.54) is 25.7 Å². The van der Waals surface area contributed by atoms with E-state index in [1.807, 2.05) is 0 Å². The number of piperidine rings is 1. The van der Waals surface area contributed by atoms with Crippen LogP contribution in [0.4, 0.5) is 0 Å². The zero-order valence-electron chi connectivity index (χ0n) is 13.9. The van der Waals surface area contributed by atoms with Gasteiger partial charge in [-0.25, -0.2) is 0 Å². The molecule has 1 N–H and O–H groups in total. The van der Waals surface area contributed by atoms with E-state index in [9.17, 15) is 4.79 Å². The number of hydrogen-bond donors (Lipinski definition) is 1. The summed E-state index contributed by atoms with van der Waals surface area (Å²) in [7, 11) is 0. The van der Waals surface area contributed by atoms with Crippen molar-refractivity contribution >= 4 is 30.7 Å². The van der Waals surface area contributed by atoms with Crippen LogP contribution in [0.25, 0.3) is 0 Å². The van der Waals surface area contributed by atoms with Crippen molar-refractivity contribution in [2.75, 3.05) is 39.3 Å². The summed E-state index contributed by atoms with van der Waals surface area (Å²) in [5.41, 5.74) is 0. The molecule has 2 saturated heterocycles. The largest absolute Gasteiger partial charge is 0.340 e. The molecule has 6 heteroatoms. The minimum Gasteiger partial charge on any atom is -0.340 e. The molecule has 4 atom stereocenters. The third kappa shape index (κ3) is 3.97. The Morgan fingerprint density at radius 3 is 2.30 bits per heavy atom. The van der Waals surface area contributed by atoms with Crippen LogP contribution in [0.15, 0.2) is 0 Å². The first kappa shape index (κ1) is 19.3. The first-order valence-electron chi connectivity index (χ1n) is 9.05. The monoisotopic (exact) mass is 363 g/mol. The molecular formula is C17H31Cl2N3O. The fourth-order valence-electron chi connectivity index (χ4n) is 5.25. The lowest BCUT2D eigenvalue weighted by Crippen LogP contribution is -2.55. The van der Waals surface area contributed by atoms with Gasteiger partial charge >= 0.3 is 0 Å². The van der Waals surface area contributed by atoms with Crippen molar-refractivity contribution in [2.24, 2.45) is 17.8 Å². The standard InChI is InChI=1S/C17H29N3O.2ClH/c21-17(15-2-1-5-18-12-15)20-8-6-19(7-9-20)16-11-13-3-4-14(16)10-13;;/h13-16,18H,1-12H2;2*1H. The molecular weight excluding hydrogens is 333 g/mol. The lowest BCUT2D eigenvalue weighted by molar-refractivity contribution is -0.138. The molecule has 0 aromatic carbocycles. The number of amides is 1. The Hall–Kier alpha value is -0.0300. The Morgan fingerprint density at radius 1 is 0.957 bits per heavy atom. The van der Waals surface area contributed by atoms with Crippen molar-refractivity contribution in [1.82, 2.24) is 15.1 Å². The van der Waals surface area contributed by atoms with Gasteiger partial charge in [0, 0.05) is 38.8 Å². The maximum Gasteiger partial charge on any atom is 0.227 e. The second-order valence-electron chi connectivity index (χ2n) is 7.65. The summed E-state index contributed by atoms with van der Waals surface area (Å²) in [6, 6.07) is 0.845. The zero-order valence-corrected chi connectivity index (χ0v) is 15.5. The third-order valence-electron chi connectivity index (χ3n) is 6.44. The molecule has 4 unspecified atom stereocenters. The molecule has 0 aromatic heterocycles. The summed E-state index contributed by atoms with van der Waals surface area (Å²) in [5, 5.41) is 3.37. The molecule has 0 spiro atoms. The molecule has 0 aromatic rings. The molecule has 0 radical (unpaired) electrons. The lowest BCUT2D eigenvalue weighted by Gasteiger charge is -2.42. The van der Waals surface area contributed by atoms with Gasteiger partial charge in [-0.3, -0.25) is 9.69 Å². The van der Waals surface area contributed by atoms with E-state index in [-0.39, 0.29) is 30.7 Å². The molecule has 4 aliphatic rings. The van der Waals surface area contributed by atoms with Crippen LogP contribution in [0.2, 0.25) is 0 Å². The Bertz CT molecular complexity index is 395. The highest BCUT2D eigenvalue weighted by Gasteiger charge is 2.43. The SMILES string of the molecule is Cl.Cl.O=C(C1CCCNC1)N1CCN(C2CC3CCC2C3)CC1. The first-order chi connectivity index (χ1) is 10.3. The number of nitrogens with one attached hydrogen (secondary N) is 1. The number of nitrogens with zero attached hydrogens (tertiary/aromatic N) is 2. The van der Waals surface area contributed by atoms with Crippen molar-refractivity contribution in [3.8, 4) is 0 Å². The highest BCUT2D eigenvalue weighted by molar-refractivity contribution is 5.85. The van der Waals surface area contributed by atoms with Gasteiger partial charge < -0.3 is 10.2 Å². The second-order valence-corrected chi connectivity index (χ2v) is 7.65. The van der Waals surface area contributed by atoms with Gasteiger partial charge in [0.25, 0.3) is 0 Å². The number of rotatable bonds is 2. The average Bonchev–Trinajstić information content (AvgIpc) is 3.18. The molecule has 2 aliphatic carbocycles. The van der Waals surface area contributed by atoms with Gasteiger partial charge in [0.15, 0.2) is 0 Å². The van der Waals surface area contributed by atoms with Gasteiger partial charge in [0.05, 0.1) is 5.92 Å². The molecule has 134 valence electrons. The number of carbonyl (C=O) groups is 1. The third-order valence-corrected chi connectivity index (χ3v) is 6.44. The van der Waals surface area contributed by atoms with Crippen molar-refractivity contribution in [1.29, 1.82) is 0 Å². The minimum absolute atomic E-state index is 0. The van der Waals surface area contributed by atoms with Gasteiger partial charge in [0.1, 0.15) is 0 Å². The van der Waals surface area contributed by atoms with Crippen LogP contribution in [-0.4, -0.2) is 61.0 Å². The van der Waals surface area contributed by atoms with Gasteiger partial charge in [-0.1, -0.05) is 6.42 Å². The van der Waals surface area contributed by atoms with Gasteiger partial charge in [0.2, 0.25) is 5.91 Å². The summed E-state index contributed by atoms with van der Waals surface area (Å²) < 4.78 is 0. The quantitative estimate of drug-likeness (QED) is 0.816. The van der Waals surface area contributed by atoms with Gasteiger partial charge in [-0.05, 0) is 50.5 Å². The summed E-state index contributed by atoms with van der Waals surface area (Å²) in [5.74, 6) is 2.65. The van der Waals surface area contributed by atoms with Crippen LogP contribution in [0.1, 0.15) is 38.5 Å². The van der Waals surface area contributed by atoms with E-state index < -0.39 is 0 Å². The molecule has 23 heavy (non-hydrogen) atoms. The number of piperazine rings is 1. The van der Waals surface area contributed by atoms with Crippen LogP contribution in [0.3, 0.4) is 0 Å². The summed E-state index contributed by atoms with van der Waals surface area (Å²) >= 11 is 0. The van der Waals surface area contributed by atoms with Crippen molar-refractivity contribution in [3.05, 3.63) is 0 Å². The smallest absolute Gasteiger partial charge is 0.227 e. The van der Waals surface area contributed by atoms with Crippen LogP contribution >= 0.6 is 24.8 Å². The van der Waals surface area contributed by atoms with E-state index in [4.69, 9.17) is 0 Å². The molecule has 4 rings (SSSR count). The van der Waals surface area contributed by atoms with Gasteiger partial charge in [-0.15, -0.1) is 24.8 Å². The highest BCUT2D eigenvalue weighted by atomic mass is 35.5. The minimum atomic E-state index is 0. The molecule has 2 bridgehead atoms. The number of carbonyl (C=O) groups excluding carboxylic acids is 1. The Morgan fingerprint density at radius 2 is 1.74 bits per heavy atom. The fraction of sp³-hybridized carbons (Fsp3) is 0.941. The van der Waals surface area contributed by atoms with Crippen molar-refractivity contribution in [2.45, 2.75) is 44.6 Å². The zero-order chi connectivity index (χ0) is 14.2. The maximum absolute atomic E-state index is 12.6. The molecule has 1 amide bonds. The Labute approximate surface area is 152 Å². The highest BCUT2D eigenvalue weighted by Crippen LogP contribution is 2.46. The van der Waals surface area contributed by atoms with E-state index in [2.05, 4.69) is 15.1 Å². The molecule has 2 saturated carbocycles. The molecule has 4 nitrogen and oxygen atoms in total. The predicted octanol–water partition coefficient (Wildman–Crippen LogP) is 2.16. The van der Waals surface area contributed by atoms with Crippen molar-refractivity contribution in [3.63, 3.8) is 0 Å². The van der Waals surface area contributed by atoms with Crippen LogP contribution < -0.4 is 5.32 Å². The first-order valence-corrected chi connectivity index (χ1v) is 9.05. The fourth-order valence-corrected chi connectivity index (χ4v) is 5.25. The Kier molecular flexibility index (Phi) is 7.02. The number of halogens is 2. The number of fused-ring (bicyclic) bond motifs is 2. The summed E-state index contributed by atoms with van der Waals surface area (Å²) in [6.07, 6.45) is 8.10. The topological polar surface area (TPSA) is 35.6 Å².